The minimum absolute atomic E-state index is 0.0935. The Kier molecular flexibility index (Phi) is 4.42. The Morgan fingerprint density at radius 2 is 1.68 bits per heavy atom. The first-order chi connectivity index (χ1) is 9.11. The molecule has 0 radical (unpaired) electrons. The van der Waals surface area contributed by atoms with Gasteiger partial charge in [-0.2, -0.15) is 0 Å². The molecule has 0 spiro atoms. The average Bonchev–Trinajstić information content (AvgIpc) is 2.42. The van der Waals surface area contributed by atoms with Gasteiger partial charge in [0, 0.05) is 5.56 Å². The molecule has 2 rings (SSSR count). The Balaban J connectivity index is 2.28. The van der Waals surface area contributed by atoms with Gasteiger partial charge < -0.3 is 5.43 Å². The van der Waals surface area contributed by atoms with Crippen molar-refractivity contribution in [3.63, 3.8) is 0 Å². The van der Waals surface area contributed by atoms with Gasteiger partial charge in [0.05, 0.1) is 6.04 Å². The van der Waals surface area contributed by atoms with Gasteiger partial charge in [0.2, 0.25) is 0 Å². The first-order valence-electron chi connectivity index (χ1n) is 6.31. The van der Waals surface area contributed by atoms with Crippen molar-refractivity contribution in [1.82, 2.24) is 5.43 Å². The van der Waals surface area contributed by atoms with Gasteiger partial charge in [-0.3, -0.25) is 4.99 Å². The van der Waals surface area contributed by atoms with Crippen molar-refractivity contribution in [3.8, 4) is 0 Å². The van der Waals surface area contributed by atoms with E-state index in [9.17, 15) is 13.2 Å². The van der Waals surface area contributed by atoms with Crippen molar-refractivity contribution in [2.45, 2.75) is 38.1 Å². The molecular formula is C13H16F3N3. The van der Waals surface area contributed by atoms with Crippen LogP contribution in [0.5, 0.6) is 0 Å². The molecule has 3 N–H and O–H groups in total. The monoisotopic (exact) mass is 271 g/mol. The number of benzene rings is 1. The normalized spacial score (nSPS) is 17.6. The minimum Gasteiger partial charge on any atom is -0.308 e. The lowest BCUT2D eigenvalue weighted by atomic mass is 9.96. The number of halogens is 3. The van der Waals surface area contributed by atoms with Crippen LogP contribution in [-0.2, 0) is 0 Å². The second-order valence-electron chi connectivity index (χ2n) is 4.67. The van der Waals surface area contributed by atoms with E-state index >= 15 is 0 Å². The molecule has 1 fully saturated rings. The molecular weight excluding hydrogens is 255 g/mol. The Hall–Kier alpha value is -1.56. The van der Waals surface area contributed by atoms with Crippen molar-refractivity contribution >= 4 is 5.84 Å². The van der Waals surface area contributed by atoms with Crippen molar-refractivity contribution in [2.75, 3.05) is 0 Å². The lowest BCUT2D eigenvalue weighted by Gasteiger charge is -2.19. The number of nitrogens with zero attached hydrogens (tertiary/aromatic N) is 1. The summed E-state index contributed by atoms with van der Waals surface area (Å²) in [7, 11) is 0. The third-order valence-corrected chi connectivity index (χ3v) is 3.28. The summed E-state index contributed by atoms with van der Waals surface area (Å²) in [5.74, 6) is 1.54. The van der Waals surface area contributed by atoms with E-state index in [0.29, 0.717) is 0 Å². The van der Waals surface area contributed by atoms with Crippen LogP contribution in [0.1, 0.15) is 37.7 Å². The van der Waals surface area contributed by atoms with Gasteiger partial charge in [0.1, 0.15) is 5.84 Å². The predicted molar refractivity (Wildman–Crippen MR) is 67.0 cm³/mol. The molecule has 0 aliphatic heterocycles. The summed E-state index contributed by atoms with van der Waals surface area (Å²) >= 11 is 0. The van der Waals surface area contributed by atoms with Gasteiger partial charge in [-0.25, -0.2) is 19.0 Å². The summed E-state index contributed by atoms with van der Waals surface area (Å²) in [6, 6.07) is 1.87. The summed E-state index contributed by atoms with van der Waals surface area (Å²) in [6.07, 6.45) is 5.20. The van der Waals surface area contributed by atoms with Crippen molar-refractivity contribution in [3.05, 3.63) is 35.1 Å². The maximum atomic E-state index is 13.2. The fraction of sp³-hybridized carbons (Fsp3) is 0.462. The molecule has 0 bridgehead atoms. The molecule has 1 saturated carbocycles. The van der Waals surface area contributed by atoms with Crippen molar-refractivity contribution in [2.24, 2.45) is 10.8 Å². The van der Waals surface area contributed by atoms with Gasteiger partial charge in [-0.15, -0.1) is 0 Å². The van der Waals surface area contributed by atoms with E-state index in [1.165, 1.54) is 6.42 Å². The largest absolute Gasteiger partial charge is 0.308 e. The minimum atomic E-state index is -1.49. The summed E-state index contributed by atoms with van der Waals surface area (Å²) < 4.78 is 39.2. The summed E-state index contributed by atoms with van der Waals surface area (Å²) in [5.41, 5.74) is 2.45. The number of hydrogen-bond donors (Lipinski definition) is 2. The SMILES string of the molecule is NNC(=NC1CCCCC1)c1cc(F)c(F)c(F)c1. The topological polar surface area (TPSA) is 50.4 Å². The highest BCUT2D eigenvalue weighted by Crippen LogP contribution is 2.21. The van der Waals surface area contributed by atoms with Crippen LogP contribution < -0.4 is 11.3 Å². The molecule has 0 atom stereocenters. The van der Waals surface area contributed by atoms with Crippen LogP contribution in [0.3, 0.4) is 0 Å². The Bertz CT molecular complexity index is 459. The molecule has 0 saturated heterocycles. The number of hydrogen-bond acceptors (Lipinski definition) is 2. The van der Waals surface area contributed by atoms with Gasteiger partial charge in [0.15, 0.2) is 17.5 Å². The fourth-order valence-corrected chi connectivity index (χ4v) is 2.28. The predicted octanol–water partition coefficient (Wildman–Crippen LogP) is 2.65. The van der Waals surface area contributed by atoms with Gasteiger partial charge in [-0.1, -0.05) is 19.3 Å². The van der Waals surface area contributed by atoms with Crippen molar-refractivity contribution < 1.29 is 13.2 Å². The van der Waals surface area contributed by atoms with E-state index in [1.807, 2.05) is 0 Å². The quantitative estimate of drug-likeness (QED) is 0.286. The first-order valence-corrected chi connectivity index (χ1v) is 6.31. The van der Waals surface area contributed by atoms with Crippen LogP contribution in [0.4, 0.5) is 13.2 Å². The highest BCUT2D eigenvalue weighted by molar-refractivity contribution is 5.98. The molecule has 1 aromatic rings. The molecule has 19 heavy (non-hydrogen) atoms. The lowest BCUT2D eigenvalue weighted by Crippen LogP contribution is -2.33. The Morgan fingerprint density at radius 3 is 2.21 bits per heavy atom. The zero-order chi connectivity index (χ0) is 13.8. The van der Waals surface area contributed by atoms with Crippen LogP contribution >= 0.6 is 0 Å². The third kappa shape index (κ3) is 3.26. The smallest absolute Gasteiger partial charge is 0.194 e. The van der Waals surface area contributed by atoms with Crippen LogP contribution in [0.25, 0.3) is 0 Å². The Labute approximate surface area is 109 Å². The van der Waals surface area contributed by atoms with Crippen LogP contribution in [0.15, 0.2) is 17.1 Å². The second kappa shape index (κ2) is 6.06. The van der Waals surface area contributed by atoms with E-state index in [4.69, 9.17) is 5.84 Å². The molecule has 1 aromatic carbocycles. The van der Waals surface area contributed by atoms with Crippen LogP contribution in [0.2, 0.25) is 0 Å². The van der Waals surface area contributed by atoms with E-state index < -0.39 is 17.5 Å². The highest BCUT2D eigenvalue weighted by atomic mass is 19.2. The maximum Gasteiger partial charge on any atom is 0.194 e. The first kappa shape index (κ1) is 13.9. The molecule has 0 unspecified atom stereocenters. The molecule has 3 nitrogen and oxygen atoms in total. The van der Waals surface area contributed by atoms with Crippen LogP contribution in [-0.4, -0.2) is 11.9 Å². The number of nitrogens with one attached hydrogen (secondary N) is 1. The molecule has 104 valence electrons. The van der Waals surface area contributed by atoms with E-state index in [1.54, 1.807) is 0 Å². The number of aliphatic imine (C=N–C) groups is 1. The molecule has 1 aliphatic carbocycles. The number of hydrazine groups is 1. The van der Waals surface area contributed by atoms with Gasteiger partial charge >= 0.3 is 0 Å². The molecule has 0 aromatic heterocycles. The van der Waals surface area contributed by atoms with Gasteiger partial charge in [-0.05, 0) is 25.0 Å². The molecule has 0 heterocycles. The molecule has 1 aliphatic rings. The molecule has 0 amide bonds. The van der Waals surface area contributed by atoms with E-state index in [2.05, 4.69) is 10.4 Å². The second-order valence-corrected chi connectivity index (χ2v) is 4.67. The third-order valence-electron chi connectivity index (χ3n) is 3.28. The number of rotatable bonds is 2. The average molecular weight is 271 g/mol. The zero-order valence-corrected chi connectivity index (χ0v) is 10.4. The highest BCUT2D eigenvalue weighted by Gasteiger charge is 2.16. The Morgan fingerprint density at radius 1 is 1.11 bits per heavy atom. The lowest BCUT2D eigenvalue weighted by molar-refractivity contribution is 0.441. The van der Waals surface area contributed by atoms with Gasteiger partial charge in [0.25, 0.3) is 0 Å². The number of amidine groups is 1. The fourth-order valence-electron chi connectivity index (χ4n) is 2.28. The summed E-state index contributed by atoms with van der Waals surface area (Å²) in [5, 5.41) is 0. The van der Waals surface area contributed by atoms with Crippen LogP contribution in [0, 0.1) is 17.5 Å². The standard InChI is InChI=1S/C13H16F3N3/c14-10-6-8(7-11(15)12(10)16)13(19-17)18-9-4-2-1-3-5-9/h6-7,9H,1-5,17H2,(H,18,19). The summed E-state index contributed by atoms with van der Waals surface area (Å²) in [4.78, 5) is 4.36. The number of nitrogens with two attached hydrogens (primary N) is 1. The maximum absolute atomic E-state index is 13.2. The zero-order valence-electron chi connectivity index (χ0n) is 10.4. The van der Waals surface area contributed by atoms with Crippen molar-refractivity contribution in [1.29, 1.82) is 0 Å². The van der Waals surface area contributed by atoms with E-state index in [-0.39, 0.29) is 17.4 Å². The summed E-state index contributed by atoms with van der Waals surface area (Å²) in [6.45, 7) is 0. The van der Waals surface area contributed by atoms with E-state index in [0.717, 1.165) is 37.8 Å². The molecule has 6 heteroatoms.